The molecule has 0 bridgehead atoms. The van der Waals surface area contributed by atoms with E-state index in [4.69, 9.17) is 4.98 Å². The van der Waals surface area contributed by atoms with E-state index >= 15 is 0 Å². The van der Waals surface area contributed by atoms with Crippen LogP contribution in [0.15, 0.2) is 54.7 Å². The number of nitrogens with one attached hydrogen (secondary N) is 2. The molecule has 0 unspecified atom stereocenters. The molecule has 2 aromatic carbocycles. The summed E-state index contributed by atoms with van der Waals surface area (Å²) in [6.07, 6.45) is 2.84. The third kappa shape index (κ3) is 4.94. The topological polar surface area (TPSA) is 104 Å². The van der Waals surface area contributed by atoms with Crippen molar-refractivity contribution in [2.24, 2.45) is 5.92 Å². The molecule has 5 aromatic rings. The Kier molecular flexibility index (Phi) is 6.47. The maximum absolute atomic E-state index is 13.3. The first-order chi connectivity index (χ1) is 18.4. The molecule has 0 spiro atoms. The number of nitrogens with zero attached hydrogens (tertiary/aromatic N) is 4. The van der Waals surface area contributed by atoms with Crippen molar-refractivity contribution in [2.75, 3.05) is 18.4 Å². The first-order valence-electron chi connectivity index (χ1n) is 12.8. The number of aromatic nitrogens is 4. The lowest BCUT2D eigenvalue weighted by atomic mass is 10.1. The second-order valence-corrected chi connectivity index (χ2v) is 11.3. The van der Waals surface area contributed by atoms with Gasteiger partial charge in [0.1, 0.15) is 16.2 Å². The van der Waals surface area contributed by atoms with Gasteiger partial charge in [-0.3, -0.25) is 24.8 Å². The summed E-state index contributed by atoms with van der Waals surface area (Å²) in [5, 5.41) is 5.52. The molecule has 0 aliphatic carbocycles. The molecule has 0 saturated carbocycles. The van der Waals surface area contributed by atoms with Crippen LogP contribution in [0.3, 0.4) is 0 Å². The van der Waals surface area contributed by atoms with E-state index in [-0.39, 0.29) is 24.1 Å². The average Bonchev–Trinajstić information content (AvgIpc) is 3.50. The van der Waals surface area contributed by atoms with Gasteiger partial charge in [-0.25, -0.2) is 9.97 Å². The van der Waals surface area contributed by atoms with Gasteiger partial charge in [-0.2, -0.15) is 0 Å². The average molecular weight is 525 g/mol. The van der Waals surface area contributed by atoms with Crippen molar-refractivity contribution in [2.45, 2.75) is 33.2 Å². The maximum Gasteiger partial charge on any atom is 0.276 e. The zero-order valence-corrected chi connectivity index (χ0v) is 22.1. The molecular formula is C29H28N6O2S. The minimum absolute atomic E-state index is 0.0405. The lowest BCUT2D eigenvalue weighted by Crippen LogP contribution is -2.32. The molecule has 1 amide bonds. The number of carbonyl (C=O) groups excluding carboxylic acids is 2. The van der Waals surface area contributed by atoms with E-state index in [1.807, 2.05) is 36.4 Å². The molecule has 9 heteroatoms. The Morgan fingerprint density at radius 1 is 1.11 bits per heavy atom. The second-order valence-electron chi connectivity index (χ2n) is 10.1. The number of amides is 1. The summed E-state index contributed by atoms with van der Waals surface area (Å²) in [5.41, 5.74) is 3.14. The number of pyridine rings is 1. The molecule has 0 fully saturated rings. The number of carbonyl (C=O) groups is 2. The minimum atomic E-state index is -0.373. The van der Waals surface area contributed by atoms with Gasteiger partial charge < -0.3 is 4.98 Å². The number of Topliss-reactive ketones (excluding diaryl/α,β-unsaturated/α-hetero) is 1. The van der Waals surface area contributed by atoms with E-state index < -0.39 is 0 Å². The van der Waals surface area contributed by atoms with E-state index in [0.29, 0.717) is 28.2 Å². The molecule has 38 heavy (non-hydrogen) atoms. The van der Waals surface area contributed by atoms with E-state index in [0.717, 1.165) is 47.5 Å². The number of thiazole rings is 1. The molecule has 3 aromatic heterocycles. The van der Waals surface area contributed by atoms with Gasteiger partial charge in [-0.1, -0.05) is 44.2 Å². The van der Waals surface area contributed by atoms with E-state index in [1.165, 1.54) is 4.88 Å². The second kappa shape index (κ2) is 10.1. The number of hydrogen-bond donors (Lipinski definition) is 2. The zero-order chi connectivity index (χ0) is 26.2. The summed E-state index contributed by atoms with van der Waals surface area (Å²) in [7, 11) is 0. The molecule has 0 radical (unpaired) electrons. The predicted molar refractivity (Wildman–Crippen MR) is 150 cm³/mol. The molecule has 0 saturated heterocycles. The Morgan fingerprint density at radius 2 is 1.95 bits per heavy atom. The largest absolute Gasteiger partial charge is 0.324 e. The fourth-order valence-electron chi connectivity index (χ4n) is 4.98. The van der Waals surface area contributed by atoms with Crippen molar-refractivity contribution in [1.29, 1.82) is 0 Å². The van der Waals surface area contributed by atoms with Crippen LogP contribution in [-0.4, -0.2) is 49.6 Å². The number of imidazole rings is 1. The van der Waals surface area contributed by atoms with Crippen LogP contribution in [0.5, 0.6) is 0 Å². The lowest BCUT2D eigenvalue weighted by molar-refractivity contribution is 0.0992. The van der Waals surface area contributed by atoms with E-state index in [1.54, 1.807) is 29.7 Å². The van der Waals surface area contributed by atoms with E-state index in [2.05, 4.69) is 39.0 Å². The molecule has 2 N–H and O–H groups in total. The summed E-state index contributed by atoms with van der Waals surface area (Å²) in [4.78, 5) is 46.7. The number of anilines is 1. The molecule has 192 valence electrons. The molecule has 8 nitrogen and oxygen atoms in total. The van der Waals surface area contributed by atoms with Gasteiger partial charge in [0.05, 0.1) is 17.6 Å². The monoisotopic (exact) mass is 524 g/mol. The Bertz CT molecular complexity index is 1670. The number of rotatable bonds is 7. The number of hydrogen-bond acceptors (Lipinski definition) is 7. The third-order valence-corrected chi connectivity index (χ3v) is 7.78. The van der Waals surface area contributed by atoms with E-state index in [9.17, 15) is 9.59 Å². The SMILES string of the molecule is CC(C)CN1CCc2nc(CC(=O)c3cccc4[nH]c(NC(=O)c5cc6ccccc6cn5)nc34)sc2C1. The van der Waals surface area contributed by atoms with Gasteiger partial charge in [-0.05, 0) is 29.5 Å². The standard InChI is InChI=1S/C29H28N6O2S/c1-17(2)15-35-11-10-21-25(16-35)38-26(31-21)13-24(36)20-8-5-9-22-27(20)33-29(32-22)34-28(37)23-12-18-6-3-4-7-19(18)14-30-23/h3-9,12,14,17H,10-11,13,15-16H2,1-2H3,(H2,32,33,34,37). The van der Waals surface area contributed by atoms with Gasteiger partial charge in [0, 0.05) is 48.1 Å². The highest BCUT2D eigenvalue weighted by Crippen LogP contribution is 2.28. The van der Waals surface area contributed by atoms with Crippen LogP contribution < -0.4 is 5.32 Å². The van der Waals surface area contributed by atoms with Crippen LogP contribution in [0.1, 0.15) is 50.3 Å². The number of aromatic amines is 1. The van der Waals surface area contributed by atoms with Crippen molar-refractivity contribution in [3.63, 3.8) is 0 Å². The number of para-hydroxylation sites is 1. The number of ketones is 1. The molecule has 0 atom stereocenters. The Labute approximate surface area is 224 Å². The summed E-state index contributed by atoms with van der Waals surface area (Å²) in [6, 6.07) is 14.9. The normalized spacial score (nSPS) is 13.8. The highest BCUT2D eigenvalue weighted by molar-refractivity contribution is 7.11. The van der Waals surface area contributed by atoms with Crippen LogP contribution in [-0.2, 0) is 19.4 Å². The maximum atomic E-state index is 13.3. The van der Waals surface area contributed by atoms with Crippen molar-refractivity contribution < 1.29 is 9.59 Å². The predicted octanol–water partition coefficient (Wildman–Crippen LogP) is 5.26. The van der Waals surface area contributed by atoms with Crippen LogP contribution in [0, 0.1) is 5.92 Å². The van der Waals surface area contributed by atoms with Crippen LogP contribution in [0.2, 0.25) is 0 Å². The van der Waals surface area contributed by atoms with Crippen molar-refractivity contribution in [1.82, 2.24) is 24.8 Å². The fourth-order valence-corrected chi connectivity index (χ4v) is 6.13. The van der Waals surface area contributed by atoms with Crippen LogP contribution >= 0.6 is 11.3 Å². The third-order valence-electron chi connectivity index (χ3n) is 6.70. The molecule has 6 rings (SSSR count). The number of H-pyrrole nitrogens is 1. The van der Waals surface area contributed by atoms with Gasteiger partial charge in [0.25, 0.3) is 5.91 Å². The number of benzene rings is 2. The number of fused-ring (bicyclic) bond motifs is 3. The van der Waals surface area contributed by atoms with Gasteiger partial charge >= 0.3 is 0 Å². The van der Waals surface area contributed by atoms with Gasteiger partial charge in [0.2, 0.25) is 5.95 Å². The molecular weight excluding hydrogens is 496 g/mol. The minimum Gasteiger partial charge on any atom is -0.324 e. The smallest absolute Gasteiger partial charge is 0.276 e. The first-order valence-corrected chi connectivity index (χ1v) is 13.6. The van der Waals surface area contributed by atoms with Crippen LogP contribution in [0.25, 0.3) is 21.8 Å². The zero-order valence-electron chi connectivity index (χ0n) is 21.3. The van der Waals surface area contributed by atoms with Gasteiger partial charge in [-0.15, -0.1) is 11.3 Å². The van der Waals surface area contributed by atoms with Gasteiger partial charge in [0.15, 0.2) is 5.78 Å². The Balaban J connectivity index is 1.19. The fraction of sp³-hybridized carbons (Fsp3) is 0.276. The summed E-state index contributed by atoms with van der Waals surface area (Å²) in [5.74, 6) is 0.484. The summed E-state index contributed by atoms with van der Waals surface area (Å²) < 4.78 is 0. The molecule has 4 heterocycles. The Morgan fingerprint density at radius 3 is 2.79 bits per heavy atom. The first kappa shape index (κ1) is 24.4. The lowest BCUT2D eigenvalue weighted by Gasteiger charge is -2.27. The van der Waals surface area contributed by atoms with Crippen molar-refractivity contribution in [3.8, 4) is 0 Å². The quantitative estimate of drug-likeness (QED) is 0.282. The van der Waals surface area contributed by atoms with Crippen LogP contribution in [0.4, 0.5) is 5.95 Å². The Hall–Kier alpha value is -3.95. The summed E-state index contributed by atoms with van der Waals surface area (Å²) in [6.45, 7) is 7.46. The van der Waals surface area contributed by atoms with Crippen molar-refractivity contribution >= 4 is 50.8 Å². The summed E-state index contributed by atoms with van der Waals surface area (Å²) >= 11 is 1.64. The highest BCUT2D eigenvalue weighted by Gasteiger charge is 2.23. The van der Waals surface area contributed by atoms with Crippen molar-refractivity contribution in [3.05, 3.63) is 81.6 Å². The molecule has 1 aliphatic rings. The highest BCUT2D eigenvalue weighted by atomic mass is 32.1. The molecule has 1 aliphatic heterocycles.